The fourth-order valence-corrected chi connectivity index (χ4v) is 8.16. The number of rotatable bonds is 5. The van der Waals surface area contributed by atoms with Gasteiger partial charge in [-0.1, -0.05) is 24.6 Å². The van der Waals surface area contributed by atoms with E-state index in [2.05, 4.69) is 5.32 Å². The number of fused-ring (bicyclic) bond motifs is 1. The number of nitrogens with one attached hydrogen (secondary N) is 2. The highest BCUT2D eigenvalue weighted by Gasteiger charge is 2.39. The second-order valence-corrected chi connectivity index (χ2v) is 12.3. The molecule has 1 aromatic carbocycles. The maximum Gasteiger partial charge on any atom is 0.273 e. The van der Waals surface area contributed by atoms with Gasteiger partial charge in [-0.25, -0.2) is 21.6 Å². The number of thiophene rings is 1. The van der Waals surface area contributed by atoms with Crippen LogP contribution < -0.4 is 10.0 Å². The minimum Gasteiger partial charge on any atom is -0.310 e. The first-order chi connectivity index (χ1) is 13.1. The SMILES string of the molecule is CCN[C@H]1CC(C)S(=O)(=O)c2sc(S(=O)(=O)NC(=O)c3cccc(C)c3)cc21. The topological polar surface area (TPSA) is 109 Å². The molecular weight excluding hydrogens is 420 g/mol. The minimum atomic E-state index is -4.19. The fourth-order valence-electron chi connectivity index (χ4n) is 3.19. The summed E-state index contributed by atoms with van der Waals surface area (Å²) in [5.41, 5.74) is 1.50. The molecule has 2 N–H and O–H groups in total. The molecule has 2 aromatic rings. The molecule has 1 aliphatic heterocycles. The van der Waals surface area contributed by atoms with Gasteiger partial charge in [0.1, 0.15) is 8.42 Å². The molecule has 7 nitrogen and oxygen atoms in total. The van der Waals surface area contributed by atoms with E-state index in [0.29, 0.717) is 29.9 Å². The van der Waals surface area contributed by atoms with E-state index < -0.39 is 31.0 Å². The van der Waals surface area contributed by atoms with Gasteiger partial charge in [0, 0.05) is 17.2 Å². The summed E-state index contributed by atoms with van der Waals surface area (Å²) in [6, 6.07) is 7.68. The second-order valence-electron chi connectivity index (χ2n) is 6.81. The molecule has 0 radical (unpaired) electrons. The number of benzene rings is 1. The van der Waals surface area contributed by atoms with Gasteiger partial charge < -0.3 is 5.32 Å². The van der Waals surface area contributed by atoms with Crippen LogP contribution in [0.3, 0.4) is 0 Å². The summed E-state index contributed by atoms with van der Waals surface area (Å²) in [5, 5.41) is 2.60. The molecular formula is C18H22N2O5S3. The summed E-state index contributed by atoms with van der Waals surface area (Å²) in [7, 11) is -7.79. The minimum absolute atomic E-state index is 0.0561. The van der Waals surface area contributed by atoms with E-state index in [0.717, 1.165) is 5.56 Å². The lowest BCUT2D eigenvalue weighted by atomic mass is 10.1. The Hall–Kier alpha value is -1.75. The Balaban J connectivity index is 1.98. The number of amides is 1. The maximum absolute atomic E-state index is 12.7. The van der Waals surface area contributed by atoms with Gasteiger partial charge in [0.15, 0.2) is 9.84 Å². The predicted molar refractivity (Wildman–Crippen MR) is 108 cm³/mol. The Morgan fingerprint density at radius 3 is 2.64 bits per heavy atom. The second kappa shape index (κ2) is 7.58. The zero-order valence-corrected chi connectivity index (χ0v) is 18.2. The molecule has 0 saturated heterocycles. The van der Waals surface area contributed by atoms with Crippen LogP contribution >= 0.6 is 11.3 Å². The lowest BCUT2D eigenvalue weighted by Crippen LogP contribution is -2.33. The van der Waals surface area contributed by atoms with Crippen molar-refractivity contribution < 1.29 is 21.6 Å². The Kier molecular flexibility index (Phi) is 5.68. The first-order valence-corrected chi connectivity index (χ1v) is 12.7. The van der Waals surface area contributed by atoms with E-state index in [-0.39, 0.29) is 20.0 Å². The van der Waals surface area contributed by atoms with E-state index in [9.17, 15) is 21.6 Å². The first kappa shape index (κ1) is 21.0. The Morgan fingerprint density at radius 2 is 2.00 bits per heavy atom. The largest absolute Gasteiger partial charge is 0.310 e. The third-order valence-electron chi connectivity index (χ3n) is 4.66. The molecule has 0 spiro atoms. The number of sulfone groups is 1. The van der Waals surface area contributed by atoms with Crippen molar-refractivity contribution >= 4 is 37.1 Å². The van der Waals surface area contributed by atoms with Crippen LogP contribution in [0.15, 0.2) is 38.8 Å². The average Bonchev–Trinajstić information content (AvgIpc) is 3.07. The van der Waals surface area contributed by atoms with Gasteiger partial charge in [0.2, 0.25) is 0 Å². The van der Waals surface area contributed by atoms with Crippen LogP contribution in [0.5, 0.6) is 0 Å². The summed E-state index contributed by atoms with van der Waals surface area (Å²) in [6.07, 6.45) is 0.370. The van der Waals surface area contributed by atoms with Crippen LogP contribution in [-0.2, 0) is 19.9 Å². The van der Waals surface area contributed by atoms with Crippen LogP contribution in [0.1, 0.15) is 47.8 Å². The molecule has 2 heterocycles. The van der Waals surface area contributed by atoms with Crippen LogP contribution in [0.4, 0.5) is 0 Å². The van der Waals surface area contributed by atoms with Crippen LogP contribution in [0.25, 0.3) is 0 Å². The van der Waals surface area contributed by atoms with Gasteiger partial charge in [-0.15, -0.1) is 11.3 Å². The summed E-state index contributed by atoms with van der Waals surface area (Å²) >= 11 is 0.692. The lowest BCUT2D eigenvalue weighted by Gasteiger charge is -2.27. The normalized spacial score (nSPS) is 21.1. The van der Waals surface area contributed by atoms with Crippen molar-refractivity contribution in [3.05, 3.63) is 47.0 Å². The quantitative estimate of drug-likeness (QED) is 0.736. The molecule has 0 fully saturated rings. The van der Waals surface area contributed by atoms with Crippen LogP contribution in [0, 0.1) is 6.92 Å². The molecule has 10 heteroatoms. The number of hydrogen-bond acceptors (Lipinski definition) is 7. The van der Waals surface area contributed by atoms with Crippen molar-refractivity contribution in [1.82, 2.24) is 10.0 Å². The van der Waals surface area contributed by atoms with E-state index in [1.807, 2.05) is 11.6 Å². The lowest BCUT2D eigenvalue weighted by molar-refractivity contribution is 0.0981. The first-order valence-electron chi connectivity index (χ1n) is 8.81. The van der Waals surface area contributed by atoms with Gasteiger partial charge >= 0.3 is 0 Å². The Morgan fingerprint density at radius 1 is 1.29 bits per heavy atom. The van der Waals surface area contributed by atoms with E-state index in [1.165, 1.54) is 12.1 Å². The monoisotopic (exact) mass is 442 g/mol. The molecule has 0 saturated carbocycles. The zero-order valence-electron chi connectivity index (χ0n) is 15.7. The third kappa shape index (κ3) is 3.86. The van der Waals surface area contributed by atoms with Crippen LogP contribution in [-0.4, -0.2) is 34.5 Å². The molecule has 3 rings (SSSR count). The molecule has 2 atom stereocenters. The molecule has 1 unspecified atom stereocenters. The number of carbonyl (C=O) groups is 1. The Bertz CT molecular complexity index is 1120. The highest BCUT2D eigenvalue weighted by atomic mass is 32.3. The predicted octanol–water partition coefficient (Wildman–Crippen LogP) is 2.39. The van der Waals surface area contributed by atoms with Crippen LogP contribution in [0.2, 0.25) is 0 Å². The van der Waals surface area contributed by atoms with Crippen molar-refractivity contribution in [3.63, 3.8) is 0 Å². The van der Waals surface area contributed by atoms with Gasteiger partial charge in [0.05, 0.1) is 5.25 Å². The molecule has 152 valence electrons. The molecule has 28 heavy (non-hydrogen) atoms. The fraction of sp³-hybridized carbons (Fsp3) is 0.389. The van der Waals surface area contributed by atoms with Gasteiger partial charge in [-0.05, 0) is 45.0 Å². The number of aryl methyl sites for hydroxylation is 1. The van der Waals surface area contributed by atoms with Gasteiger partial charge in [-0.2, -0.15) is 0 Å². The van der Waals surface area contributed by atoms with Crippen molar-refractivity contribution in [2.45, 2.75) is 46.9 Å². The molecule has 1 aliphatic rings. The van der Waals surface area contributed by atoms with E-state index in [1.54, 1.807) is 32.0 Å². The van der Waals surface area contributed by atoms with Crippen molar-refractivity contribution in [2.75, 3.05) is 6.54 Å². The highest BCUT2D eigenvalue weighted by Crippen LogP contribution is 2.42. The number of sulfonamides is 1. The third-order valence-corrected chi connectivity index (χ3v) is 10.4. The van der Waals surface area contributed by atoms with E-state index in [4.69, 9.17) is 0 Å². The summed E-state index contributed by atoms with van der Waals surface area (Å²) in [6.45, 7) is 5.94. The van der Waals surface area contributed by atoms with Crippen molar-refractivity contribution in [2.24, 2.45) is 0 Å². The molecule has 0 bridgehead atoms. The van der Waals surface area contributed by atoms with Crippen molar-refractivity contribution in [1.29, 1.82) is 0 Å². The standard InChI is InChI=1S/C18H22N2O5S3/c1-4-19-15-9-12(3)27(22,23)18-14(15)10-16(26-18)28(24,25)20-17(21)13-7-5-6-11(2)8-13/h5-8,10,12,15,19H,4,9H2,1-3H3,(H,20,21)/t12?,15-/m0/s1. The van der Waals surface area contributed by atoms with Gasteiger partial charge in [0.25, 0.3) is 15.9 Å². The summed E-state index contributed by atoms with van der Waals surface area (Å²) < 4.78 is 52.7. The van der Waals surface area contributed by atoms with E-state index >= 15 is 0 Å². The average molecular weight is 443 g/mol. The maximum atomic E-state index is 12.7. The smallest absolute Gasteiger partial charge is 0.273 e. The van der Waals surface area contributed by atoms with Crippen molar-refractivity contribution in [3.8, 4) is 0 Å². The molecule has 0 aliphatic carbocycles. The highest BCUT2D eigenvalue weighted by molar-refractivity contribution is 7.95. The molecule has 1 aromatic heterocycles. The number of hydrogen-bond donors (Lipinski definition) is 2. The zero-order chi connectivity index (χ0) is 20.7. The molecule has 1 amide bonds. The summed E-state index contributed by atoms with van der Waals surface area (Å²) in [4.78, 5) is 12.4. The Labute approximate surface area is 169 Å². The van der Waals surface area contributed by atoms with Gasteiger partial charge in [-0.3, -0.25) is 4.79 Å². The number of carbonyl (C=O) groups excluding carboxylic acids is 1. The summed E-state index contributed by atoms with van der Waals surface area (Å²) in [5.74, 6) is -0.755.